The second kappa shape index (κ2) is 5.66. The molecule has 0 fully saturated rings. The number of aromatic nitrogens is 3. The van der Waals surface area contributed by atoms with E-state index in [0.29, 0.717) is 17.9 Å². The molecule has 7 nitrogen and oxygen atoms in total. The molecule has 1 amide bonds. The lowest BCUT2D eigenvalue weighted by atomic mass is 10.2. The van der Waals surface area contributed by atoms with Gasteiger partial charge in [0.1, 0.15) is 18.1 Å². The van der Waals surface area contributed by atoms with Crippen LogP contribution in [0.2, 0.25) is 0 Å². The summed E-state index contributed by atoms with van der Waals surface area (Å²) in [5, 5.41) is 4.38. The number of nitrogens with one attached hydrogen (secondary N) is 1. The van der Waals surface area contributed by atoms with Crippen LogP contribution in [-0.4, -0.2) is 20.7 Å². The second-order valence-electron chi connectivity index (χ2n) is 4.04. The Morgan fingerprint density at radius 2 is 2.26 bits per heavy atom. The normalized spacial score (nSPS) is 10.7. The fourth-order valence-electron chi connectivity index (χ4n) is 1.84. The Morgan fingerprint density at radius 1 is 1.47 bits per heavy atom. The number of aryl methyl sites for hydroxylation is 2. The van der Waals surface area contributed by atoms with Crippen LogP contribution >= 0.6 is 0 Å². The summed E-state index contributed by atoms with van der Waals surface area (Å²) in [5.41, 5.74) is 2.51. The van der Waals surface area contributed by atoms with Gasteiger partial charge in [0.15, 0.2) is 5.82 Å². The third kappa shape index (κ3) is 2.65. The first kappa shape index (κ1) is 13.3. The lowest BCUT2D eigenvalue weighted by Crippen LogP contribution is -2.30. The van der Waals surface area contributed by atoms with E-state index in [9.17, 15) is 4.79 Å². The van der Waals surface area contributed by atoms with Gasteiger partial charge in [-0.15, -0.1) is 0 Å². The predicted octanol–water partition coefficient (Wildman–Crippen LogP) is 0.648. The number of carbonyl (C=O) groups is 1. The number of hydrazine groups is 1. The minimum Gasteiger partial charge on any atom is -0.467 e. The number of hydrogen-bond donors (Lipinski definition) is 2. The van der Waals surface area contributed by atoms with Crippen LogP contribution in [0.5, 0.6) is 0 Å². The maximum absolute atomic E-state index is 11.6. The molecule has 0 aliphatic heterocycles. The van der Waals surface area contributed by atoms with Gasteiger partial charge in [-0.05, 0) is 6.07 Å². The first-order chi connectivity index (χ1) is 9.19. The van der Waals surface area contributed by atoms with Crippen LogP contribution in [0.1, 0.15) is 41.6 Å². The summed E-state index contributed by atoms with van der Waals surface area (Å²) in [5.74, 6) is 6.93. The molecule has 2 aromatic rings. The van der Waals surface area contributed by atoms with E-state index in [2.05, 4.69) is 15.5 Å². The van der Waals surface area contributed by atoms with Gasteiger partial charge in [-0.1, -0.05) is 13.8 Å². The molecule has 102 valence electrons. The summed E-state index contributed by atoms with van der Waals surface area (Å²) in [7, 11) is 0. The van der Waals surface area contributed by atoms with E-state index >= 15 is 0 Å². The Balaban J connectivity index is 2.28. The van der Waals surface area contributed by atoms with Crippen molar-refractivity contribution in [1.82, 2.24) is 20.2 Å². The van der Waals surface area contributed by atoms with Crippen LogP contribution in [0.15, 0.2) is 16.7 Å². The second-order valence-corrected chi connectivity index (χ2v) is 4.04. The quantitative estimate of drug-likeness (QED) is 0.468. The van der Waals surface area contributed by atoms with Crippen molar-refractivity contribution in [2.45, 2.75) is 33.2 Å². The maximum Gasteiger partial charge on any atom is 0.268 e. The van der Waals surface area contributed by atoms with E-state index in [-0.39, 0.29) is 5.91 Å². The number of furan rings is 1. The van der Waals surface area contributed by atoms with Crippen molar-refractivity contribution < 1.29 is 9.21 Å². The highest BCUT2D eigenvalue weighted by Gasteiger charge is 2.16. The Hall–Kier alpha value is -2.15. The van der Waals surface area contributed by atoms with Gasteiger partial charge in [-0.2, -0.15) is 5.10 Å². The largest absolute Gasteiger partial charge is 0.467 e. The lowest BCUT2D eigenvalue weighted by molar-refractivity contribution is 0.0951. The van der Waals surface area contributed by atoms with E-state index in [0.717, 1.165) is 24.5 Å². The van der Waals surface area contributed by atoms with Gasteiger partial charge in [0, 0.05) is 12.8 Å². The molecule has 7 heteroatoms. The van der Waals surface area contributed by atoms with Crippen LogP contribution < -0.4 is 11.3 Å². The number of rotatable bonds is 5. The SMILES string of the molecule is CCc1nc(CC)n(Cc2occc2C(=O)NN)n1. The monoisotopic (exact) mass is 263 g/mol. The number of nitrogens with zero attached hydrogens (tertiary/aromatic N) is 3. The molecular formula is C12H17N5O2. The molecule has 0 bridgehead atoms. The minimum atomic E-state index is -0.377. The van der Waals surface area contributed by atoms with Crippen molar-refractivity contribution in [3.8, 4) is 0 Å². The minimum absolute atomic E-state index is 0.367. The average Bonchev–Trinajstić information content (AvgIpc) is 3.04. The molecule has 19 heavy (non-hydrogen) atoms. The first-order valence-corrected chi connectivity index (χ1v) is 6.19. The predicted molar refractivity (Wildman–Crippen MR) is 68.2 cm³/mol. The first-order valence-electron chi connectivity index (χ1n) is 6.19. The molecule has 0 spiro atoms. The molecule has 0 aromatic carbocycles. The lowest BCUT2D eigenvalue weighted by Gasteiger charge is -2.04. The average molecular weight is 263 g/mol. The number of carbonyl (C=O) groups excluding carboxylic acids is 1. The number of nitrogen functional groups attached to an aromatic ring is 1. The highest BCUT2D eigenvalue weighted by molar-refractivity contribution is 5.94. The van der Waals surface area contributed by atoms with Crippen LogP contribution in [0.4, 0.5) is 0 Å². The molecule has 0 aliphatic rings. The Kier molecular flexibility index (Phi) is 3.96. The van der Waals surface area contributed by atoms with Crippen molar-refractivity contribution in [2.24, 2.45) is 5.84 Å². The molecule has 0 unspecified atom stereocenters. The van der Waals surface area contributed by atoms with Crippen molar-refractivity contribution in [2.75, 3.05) is 0 Å². The van der Waals surface area contributed by atoms with E-state index in [1.54, 1.807) is 10.7 Å². The molecule has 3 N–H and O–H groups in total. The van der Waals surface area contributed by atoms with Crippen LogP contribution in [-0.2, 0) is 19.4 Å². The van der Waals surface area contributed by atoms with E-state index in [1.165, 1.54) is 6.26 Å². The zero-order valence-electron chi connectivity index (χ0n) is 11.0. The van der Waals surface area contributed by atoms with Gasteiger partial charge < -0.3 is 4.42 Å². The summed E-state index contributed by atoms with van der Waals surface area (Å²) < 4.78 is 7.08. The van der Waals surface area contributed by atoms with Crippen LogP contribution in [0.3, 0.4) is 0 Å². The third-order valence-corrected chi connectivity index (χ3v) is 2.84. The Bertz CT molecular complexity index is 572. The van der Waals surface area contributed by atoms with Crippen molar-refractivity contribution >= 4 is 5.91 Å². The van der Waals surface area contributed by atoms with Crippen LogP contribution in [0, 0.1) is 0 Å². The standard InChI is InChI=1S/C12H17N5O2/c1-3-10-14-11(4-2)17(16-10)7-9-8(5-6-19-9)12(18)15-13/h5-6H,3-4,7,13H2,1-2H3,(H,15,18). The van der Waals surface area contributed by atoms with Crippen molar-refractivity contribution in [3.63, 3.8) is 0 Å². The van der Waals surface area contributed by atoms with E-state index in [4.69, 9.17) is 10.3 Å². The molecule has 2 heterocycles. The molecule has 0 atom stereocenters. The van der Waals surface area contributed by atoms with Crippen molar-refractivity contribution in [1.29, 1.82) is 0 Å². The molecule has 0 saturated carbocycles. The highest BCUT2D eigenvalue weighted by Crippen LogP contribution is 2.13. The maximum atomic E-state index is 11.6. The molecular weight excluding hydrogens is 246 g/mol. The van der Waals surface area contributed by atoms with Crippen molar-refractivity contribution in [3.05, 3.63) is 35.3 Å². The summed E-state index contributed by atoms with van der Waals surface area (Å²) in [6.45, 7) is 4.38. The Morgan fingerprint density at radius 3 is 2.89 bits per heavy atom. The topological polar surface area (TPSA) is 99.0 Å². The Labute approximate surface area is 110 Å². The zero-order chi connectivity index (χ0) is 13.8. The summed E-state index contributed by atoms with van der Waals surface area (Å²) in [4.78, 5) is 16.0. The van der Waals surface area contributed by atoms with Gasteiger partial charge in [-0.3, -0.25) is 10.2 Å². The van der Waals surface area contributed by atoms with Gasteiger partial charge in [-0.25, -0.2) is 15.5 Å². The number of amides is 1. The third-order valence-electron chi connectivity index (χ3n) is 2.84. The van der Waals surface area contributed by atoms with Gasteiger partial charge >= 0.3 is 0 Å². The van der Waals surface area contributed by atoms with E-state index in [1.807, 2.05) is 13.8 Å². The van der Waals surface area contributed by atoms with E-state index < -0.39 is 0 Å². The molecule has 2 aromatic heterocycles. The molecule has 0 aliphatic carbocycles. The fraction of sp³-hybridized carbons (Fsp3) is 0.417. The highest BCUT2D eigenvalue weighted by atomic mass is 16.3. The van der Waals surface area contributed by atoms with Gasteiger partial charge in [0.25, 0.3) is 5.91 Å². The van der Waals surface area contributed by atoms with Crippen LogP contribution in [0.25, 0.3) is 0 Å². The van der Waals surface area contributed by atoms with Gasteiger partial charge in [0.05, 0.1) is 11.8 Å². The number of hydrogen-bond acceptors (Lipinski definition) is 5. The fourth-order valence-corrected chi connectivity index (χ4v) is 1.84. The summed E-state index contributed by atoms with van der Waals surface area (Å²) in [6.07, 6.45) is 3.00. The molecule has 0 saturated heterocycles. The summed E-state index contributed by atoms with van der Waals surface area (Å²) in [6, 6.07) is 1.58. The molecule has 0 radical (unpaired) electrons. The smallest absolute Gasteiger partial charge is 0.268 e. The zero-order valence-corrected chi connectivity index (χ0v) is 11.0. The summed E-state index contributed by atoms with van der Waals surface area (Å²) >= 11 is 0. The van der Waals surface area contributed by atoms with Gasteiger partial charge in [0.2, 0.25) is 0 Å². The molecule has 2 rings (SSSR count). The number of nitrogens with two attached hydrogens (primary N) is 1.